The zero-order valence-corrected chi connectivity index (χ0v) is 25.6. The normalized spacial score (nSPS) is 13.5. The van der Waals surface area contributed by atoms with Gasteiger partial charge < -0.3 is 29.9 Å². The molecule has 1 amide bonds. The molecular formula is C34H40N6O3. The van der Waals surface area contributed by atoms with Crippen molar-refractivity contribution in [3.63, 3.8) is 0 Å². The fourth-order valence-electron chi connectivity index (χ4n) is 5.15. The lowest BCUT2D eigenvalue weighted by Gasteiger charge is -2.34. The Labute approximate surface area is 253 Å². The van der Waals surface area contributed by atoms with Crippen LogP contribution in [0.4, 0.5) is 23.0 Å². The van der Waals surface area contributed by atoms with E-state index in [2.05, 4.69) is 56.5 Å². The molecule has 2 heterocycles. The van der Waals surface area contributed by atoms with Gasteiger partial charge in [-0.25, -0.2) is 4.98 Å². The summed E-state index contributed by atoms with van der Waals surface area (Å²) in [4.78, 5) is 27.4. The van der Waals surface area contributed by atoms with Crippen LogP contribution in [-0.2, 0) is 6.42 Å². The second kappa shape index (κ2) is 13.6. The van der Waals surface area contributed by atoms with E-state index in [1.165, 1.54) is 11.9 Å². The summed E-state index contributed by atoms with van der Waals surface area (Å²) in [5.74, 6) is 1.10. The second-order valence-electron chi connectivity index (χ2n) is 10.9. The number of aromatic nitrogens is 2. The molecule has 1 saturated heterocycles. The summed E-state index contributed by atoms with van der Waals surface area (Å²) in [5.41, 5.74) is 6.04. The van der Waals surface area contributed by atoms with E-state index in [1.54, 1.807) is 7.11 Å². The van der Waals surface area contributed by atoms with Crippen LogP contribution in [-0.4, -0.2) is 61.1 Å². The molecule has 0 unspecified atom stereocenters. The fourth-order valence-corrected chi connectivity index (χ4v) is 5.15. The molecule has 224 valence electrons. The number of benzene rings is 3. The number of nitrogens with one attached hydrogen (secondary N) is 2. The highest BCUT2D eigenvalue weighted by Crippen LogP contribution is 2.34. The Balaban J connectivity index is 1.43. The zero-order valence-electron chi connectivity index (χ0n) is 25.6. The molecule has 0 radical (unpaired) electrons. The standard InChI is InChI=1S/C34H40N6O3/c1-6-8-25-11-16-29(30(21-25)42-5)43-33-28(32(41)37-31-23(2)9-7-10-24(31)3)22-35-34(38-33)36-26-12-14-27(15-13-26)40-19-17-39(4)18-20-40/h7,9-16,21-22H,6,8,17-20H2,1-5H3,(H,37,41)(H,35,36,38). The third-order valence-electron chi connectivity index (χ3n) is 7.68. The van der Waals surface area contributed by atoms with E-state index in [0.717, 1.165) is 67.1 Å². The first-order valence-corrected chi connectivity index (χ1v) is 14.7. The molecule has 3 aromatic carbocycles. The number of ether oxygens (including phenoxy) is 2. The number of likely N-dealkylation sites (N-methyl/N-ethyl adjacent to an activating group) is 1. The van der Waals surface area contributed by atoms with Crippen molar-refractivity contribution in [1.29, 1.82) is 0 Å². The van der Waals surface area contributed by atoms with Gasteiger partial charge in [0, 0.05) is 49.4 Å². The molecule has 43 heavy (non-hydrogen) atoms. The predicted molar refractivity (Wildman–Crippen MR) is 172 cm³/mol. The maximum atomic E-state index is 13.6. The Morgan fingerprint density at radius 2 is 1.67 bits per heavy atom. The van der Waals surface area contributed by atoms with Gasteiger partial charge in [-0.15, -0.1) is 0 Å². The number of para-hydroxylation sites is 1. The van der Waals surface area contributed by atoms with E-state index in [-0.39, 0.29) is 17.4 Å². The smallest absolute Gasteiger partial charge is 0.262 e. The molecule has 0 atom stereocenters. The minimum absolute atomic E-state index is 0.122. The number of nitrogens with zero attached hydrogens (tertiary/aromatic N) is 4. The van der Waals surface area contributed by atoms with Gasteiger partial charge in [0.2, 0.25) is 11.8 Å². The summed E-state index contributed by atoms with van der Waals surface area (Å²) in [6, 6.07) is 19.9. The number of piperazine rings is 1. The van der Waals surface area contributed by atoms with E-state index in [4.69, 9.17) is 9.47 Å². The van der Waals surface area contributed by atoms with Gasteiger partial charge in [-0.2, -0.15) is 4.98 Å². The fraction of sp³-hybridized carbons (Fsp3) is 0.324. The van der Waals surface area contributed by atoms with Gasteiger partial charge >= 0.3 is 0 Å². The van der Waals surface area contributed by atoms with E-state index in [0.29, 0.717) is 17.4 Å². The number of hydrogen-bond acceptors (Lipinski definition) is 8. The molecule has 9 nitrogen and oxygen atoms in total. The molecule has 0 bridgehead atoms. The molecule has 9 heteroatoms. The van der Waals surface area contributed by atoms with E-state index in [1.807, 2.05) is 62.4 Å². The summed E-state index contributed by atoms with van der Waals surface area (Å²) in [6.45, 7) is 10.1. The summed E-state index contributed by atoms with van der Waals surface area (Å²) < 4.78 is 11.9. The lowest BCUT2D eigenvalue weighted by molar-refractivity contribution is 0.102. The van der Waals surface area contributed by atoms with Crippen LogP contribution in [0.5, 0.6) is 17.4 Å². The van der Waals surface area contributed by atoms with Crippen LogP contribution in [0, 0.1) is 13.8 Å². The van der Waals surface area contributed by atoms with Crippen LogP contribution in [0.25, 0.3) is 0 Å². The van der Waals surface area contributed by atoms with Crippen molar-refractivity contribution >= 4 is 28.9 Å². The first-order valence-electron chi connectivity index (χ1n) is 14.7. The third kappa shape index (κ3) is 7.24. The van der Waals surface area contributed by atoms with Crippen LogP contribution in [0.1, 0.15) is 40.4 Å². The number of hydrogen-bond donors (Lipinski definition) is 2. The van der Waals surface area contributed by atoms with Gasteiger partial charge in [0.05, 0.1) is 7.11 Å². The average Bonchev–Trinajstić information content (AvgIpc) is 3.01. The Morgan fingerprint density at radius 1 is 0.953 bits per heavy atom. The van der Waals surface area contributed by atoms with Crippen LogP contribution in [0.15, 0.2) is 66.9 Å². The SMILES string of the molecule is CCCc1ccc(Oc2nc(Nc3ccc(N4CCN(C)CC4)cc3)ncc2C(=O)Nc2c(C)cccc2C)c(OC)c1. The first-order chi connectivity index (χ1) is 20.8. The lowest BCUT2D eigenvalue weighted by atomic mass is 10.1. The third-order valence-corrected chi connectivity index (χ3v) is 7.68. The summed E-state index contributed by atoms with van der Waals surface area (Å²) in [7, 11) is 3.75. The first kappa shape index (κ1) is 29.8. The Kier molecular flexibility index (Phi) is 9.41. The van der Waals surface area contributed by atoms with Crippen molar-refractivity contribution in [2.24, 2.45) is 0 Å². The number of methoxy groups -OCH3 is 1. The molecule has 1 aromatic heterocycles. The minimum Gasteiger partial charge on any atom is -0.493 e. The number of rotatable bonds is 10. The van der Waals surface area contributed by atoms with Gasteiger partial charge in [-0.05, 0) is 80.4 Å². The molecule has 5 rings (SSSR count). The van der Waals surface area contributed by atoms with Gasteiger partial charge in [0.25, 0.3) is 5.91 Å². The van der Waals surface area contributed by atoms with Gasteiger partial charge in [0.1, 0.15) is 5.56 Å². The number of aryl methyl sites for hydroxylation is 3. The molecular weight excluding hydrogens is 540 g/mol. The van der Waals surface area contributed by atoms with Gasteiger partial charge in [-0.3, -0.25) is 4.79 Å². The molecule has 2 N–H and O–H groups in total. The maximum Gasteiger partial charge on any atom is 0.262 e. The van der Waals surface area contributed by atoms with Crippen molar-refractivity contribution in [1.82, 2.24) is 14.9 Å². The molecule has 0 saturated carbocycles. The zero-order chi connectivity index (χ0) is 30.3. The topological polar surface area (TPSA) is 91.9 Å². The quantitative estimate of drug-likeness (QED) is 0.217. The van der Waals surface area contributed by atoms with Crippen molar-refractivity contribution in [3.8, 4) is 17.4 Å². The van der Waals surface area contributed by atoms with E-state index in [9.17, 15) is 4.79 Å². The highest BCUT2D eigenvalue weighted by atomic mass is 16.5. The van der Waals surface area contributed by atoms with Crippen LogP contribution in [0.2, 0.25) is 0 Å². The predicted octanol–water partition coefficient (Wildman–Crippen LogP) is 6.59. The monoisotopic (exact) mass is 580 g/mol. The van der Waals surface area contributed by atoms with E-state index >= 15 is 0 Å². The Hall–Kier alpha value is -4.63. The summed E-state index contributed by atoms with van der Waals surface area (Å²) in [6.07, 6.45) is 3.43. The van der Waals surface area contributed by atoms with Gasteiger partial charge in [-0.1, -0.05) is 37.6 Å². The maximum absolute atomic E-state index is 13.6. The van der Waals surface area contributed by atoms with Crippen LogP contribution >= 0.6 is 0 Å². The number of amides is 1. The molecule has 1 aliphatic rings. The van der Waals surface area contributed by atoms with Crippen LogP contribution in [0.3, 0.4) is 0 Å². The van der Waals surface area contributed by atoms with Crippen molar-refractivity contribution < 1.29 is 14.3 Å². The highest BCUT2D eigenvalue weighted by Gasteiger charge is 2.21. The number of carbonyl (C=O) groups is 1. The van der Waals surface area contributed by atoms with Crippen molar-refractivity contribution in [2.75, 3.05) is 55.9 Å². The number of anilines is 4. The molecule has 0 aliphatic carbocycles. The highest BCUT2D eigenvalue weighted by molar-refractivity contribution is 6.06. The molecule has 4 aromatic rings. The Bertz CT molecular complexity index is 1550. The Morgan fingerprint density at radius 3 is 2.35 bits per heavy atom. The largest absolute Gasteiger partial charge is 0.493 e. The average molecular weight is 581 g/mol. The van der Waals surface area contributed by atoms with E-state index < -0.39 is 0 Å². The molecule has 0 spiro atoms. The van der Waals surface area contributed by atoms with Crippen LogP contribution < -0.4 is 25.0 Å². The van der Waals surface area contributed by atoms with Crippen molar-refractivity contribution in [3.05, 3.63) is 89.1 Å². The molecule has 1 fully saturated rings. The lowest BCUT2D eigenvalue weighted by Crippen LogP contribution is -2.44. The second-order valence-corrected chi connectivity index (χ2v) is 10.9. The summed E-state index contributed by atoms with van der Waals surface area (Å²) in [5, 5.41) is 6.29. The van der Waals surface area contributed by atoms with Crippen molar-refractivity contribution in [2.45, 2.75) is 33.6 Å². The molecule has 1 aliphatic heterocycles. The summed E-state index contributed by atoms with van der Waals surface area (Å²) >= 11 is 0. The number of carbonyl (C=O) groups excluding carboxylic acids is 1. The minimum atomic E-state index is -0.364. The van der Waals surface area contributed by atoms with Gasteiger partial charge in [0.15, 0.2) is 11.5 Å².